The maximum atomic E-state index is 13.2. The molecule has 1 fully saturated rings. The van der Waals surface area contributed by atoms with Gasteiger partial charge in [-0.25, -0.2) is 4.68 Å². The smallest absolute Gasteiger partial charge is 0.257 e. The number of para-hydroxylation sites is 1. The number of aromatic nitrogens is 4. The zero-order valence-electron chi connectivity index (χ0n) is 15.2. The van der Waals surface area contributed by atoms with Crippen molar-refractivity contribution in [3.8, 4) is 5.69 Å². The zero-order valence-corrected chi connectivity index (χ0v) is 15.2. The Morgan fingerprint density at radius 1 is 1.15 bits per heavy atom. The number of carbonyl (C=O) groups is 1. The van der Waals surface area contributed by atoms with Gasteiger partial charge in [-0.1, -0.05) is 18.2 Å². The maximum Gasteiger partial charge on any atom is 0.257 e. The Morgan fingerprint density at radius 2 is 1.96 bits per heavy atom. The lowest BCUT2D eigenvalue weighted by Crippen LogP contribution is -2.38. The quantitative estimate of drug-likeness (QED) is 0.728. The molecule has 2 aromatic heterocycles. The minimum absolute atomic E-state index is 0.0658. The van der Waals surface area contributed by atoms with Gasteiger partial charge < -0.3 is 4.90 Å². The topological polar surface area (TPSA) is 56.0 Å². The van der Waals surface area contributed by atoms with Crippen molar-refractivity contribution in [1.29, 1.82) is 0 Å². The summed E-state index contributed by atoms with van der Waals surface area (Å²) in [4.78, 5) is 15.1. The number of aryl methyl sites for hydroxylation is 1. The van der Waals surface area contributed by atoms with Crippen LogP contribution in [0.2, 0.25) is 0 Å². The summed E-state index contributed by atoms with van der Waals surface area (Å²) in [6, 6.07) is 10.1. The molecule has 0 saturated carbocycles. The van der Waals surface area contributed by atoms with Crippen LogP contribution in [0.25, 0.3) is 5.69 Å². The van der Waals surface area contributed by atoms with Crippen molar-refractivity contribution >= 4 is 5.91 Å². The van der Waals surface area contributed by atoms with Gasteiger partial charge in [-0.2, -0.15) is 10.2 Å². The van der Waals surface area contributed by atoms with Crippen LogP contribution in [-0.4, -0.2) is 43.0 Å². The Bertz CT molecular complexity index is 911. The fourth-order valence-electron chi connectivity index (χ4n) is 3.68. The monoisotopic (exact) mass is 349 g/mol. The molecule has 3 heterocycles. The number of likely N-dealkylation sites (tertiary alicyclic amines) is 1. The maximum absolute atomic E-state index is 13.2. The van der Waals surface area contributed by atoms with E-state index in [1.807, 2.05) is 70.8 Å². The average molecular weight is 349 g/mol. The van der Waals surface area contributed by atoms with E-state index in [4.69, 9.17) is 0 Å². The van der Waals surface area contributed by atoms with Crippen LogP contribution < -0.4 is 0 Å². The summed E-state index contributed by atoms with van der Waals surface area (Å²) < 4.78 is 3.76. The Morgan fingerprint density at radius 3 is 2.69 bits per heavy atom. The van der Waals surface area contributed by atoms with Crippen molar-refractivity contribution in [2.75, 3.05) is 6.54 Å². The van der Waals surface area contributed by atoms with Crippen LogP contribution in [-0.2, 0) is 6.54 Å². The van der Waals surface area contributed by atoms with Crippen LogP contribution in [0.1, 0.15) is 34.5 Å². The van der Waals surface area contributed by atoms with Gasteiger partial charge in [0.2, 0.25) is 0 Å². The summed E-state index contributed by atoms with van der Waals surface area (Å²) in [6.45, 7) is 5.52. The first kappa shape index (κ1) is 16.6. The summed E-state index contributed by atoms with van der Waals surface area (Å²) in [7, 11) is 0. The lowest BCUT2D eigenvalue weighted by atomic mass is 10.2. The number of hydrogen-bond donors (Lipinski definition) is 0. The molecule has 26 heavy (non-hydrogen) atoms. The van der Waals surface area contributed by atoms with E-state index in [0.717, 1.165) is 42.9 Å². The molecule has 0 aliphatic carbocycles. The third-order valence-corrected chi connectivity index (χ3v) is 5.04. The second-order valence-electron chi connectivity index (χ2n) is 6.93. The molecule has 0 bridgehead atoms. The molecule has 3 aromatic rings. The van der Waals surface area contributed by atoms with E-state index < -0.39 is 0 Å². The van der Waals surface area contributed by atoms with Gasteiger partial charge in [0, 0.05) is 12.7 Å². The van der Waals surface area contributed by atoms with Gasteiger partial charge in [0.15, 0.2) is 0 Å². The highest BCUT2D eigenvalue weighted by atomic mass is 16.2. The molecule has 0 radical (unpaired) electrons. The van der Waals surface area contributed by atoms with Crippen molar-refractivity contribution in [3.05, 3.63) is 65.7 Å². The first-order chi connectivity index (χ1) is 12.6. The number of carbonyl (C=O) groups excluding carboxylic acids is 1. The van der Waals surface area contributed by atoms with Crippen molar-refractivity contribution in [3.63, 3.8) is 0 Å². The molecule has 6 heteroatoms. The highest BCUT2D eigenvalue weighted by Crippen LogP contribution is 2.23. The molecule has 1 aliphatic rings. The Labute approximate surface area is 153 Å². The number of hydrogen-bond acceptors (Lipinski definition) is 3. The third kappa shape index (κ3) is 3.03. The lowest BCUT2D eigenvalue weighted by molar-refractivity contribution is 0.0721. The predicted molar refractivity (Wildman–Crippen MR) is 99.3 cm³/mol. The molecule has 1 aromatic carbocycles. The SMILES string of the molecule is Cc1cnn(C[C@@H]2CCCN2C(=O)c2cnn(-c3ccccc3)c2C)c1. The van der Waals surface area contributed by atoms with Gasteiger partial charge in [-0.15, -0.1) is 0 Å². The van der Waals surface area contributed by atoms with E-state index in [9.17, 15) is 4.79 Å². The van der Waals surface area contributed by atoms with Crippen LogP contribution >= 0.6 is 0 Å². The number of benzene rings is 1. The normalized spacial score (nSPS) is 17.0. The fourth-order valence-corrected chi connectivity index (χ4v) is 3.68. The number of nitrogens with zero attached hydrogens (tertiary/aromatic N) is 5. The van der Waals surface area contributed by atoms with Crippen molar-refractivity contribution in [2.24, 2.45) is 0 Å². The second-order valence-corrected chi connectivity index (χ2v) is 6.93. The minimum Gasteiger partial charge on any atom is -0.334 e. The van der Waals surface area contributed by atoms with E-state index in [0.29, 0.717) is 5.56 Å². The summed E-state index contributed by atoms with van der Waals surface area (Å²) in [5.74, 6) is 0.0658. The van der Waals surface area contributed by atoms with Crippen molar-refractivity contribution in [1.82, 2.24) is 24.5 Å². The molecule has 1 amide bonds. The molecule has 0 unspecified atom stereocenters. The molecule has 1 saturated heterocycles. The fraction of sp³-hybridized carbons (Fsp3) is 0.350. The van der Waals surface area contributed by atoms with E-state index >= 15 is 0 Å². The van der Waals surface area contributed by atoms with Crippen LogP contribution in [0.4, 0.5) is 0 Å². The van der Waals surface area contributed by atoms with Gasteiger partial charge in [-0.3, -0.25) is 9.48 Å². The van der Waals surface area contributed by atoms with E-state index in [1.54, 1.807) is 6.20 Å². The van der Waals surface area contributed by atoms with Crippen LogP contribution in [0, 0.1) is 13.8 Å². The van der Waals surface area contributed by atoms with Gasteiger partial charge in [-0.05, 0) is 44.4 Å². The van der Waals surface area contributed by atoms with Gasteiger partial charge >= 0.3 is 0 Å². The minimum atomic E-state index is 0.0658. The van der Waals surface area contributed by atoms with E-state index in [-0.39, 0.29) is 11.9 Å². The molecule has 1 atom stereocenters. The zero-order chi connectivity index (χ0) is 18.1. The molecule has 6 nitrogen and oxygen atoms in total. The standard InChI is InChI=1S/C20H23N5O/c1-15-11-21-23(13-15)14-18-9-6-10-24(18)20(26)19-12-22-25(16(19)2)17-7-4-3-5-8-17/h3-5,7-8,11-13,18H,6,9-10,14H2,1-2H3/t18-/m0/s1. The van der Waals surface area contributed by atoms with Gasteiger partial charge in [0.1, 0.15) is 0 Å². The summed E-state index contributed by atoms with van der Waals surface area (Å²) in [5, 5.41) is 8.81. The largest absolute Gasteiger partial charge is 0.334 e. The summed E-state index contributed by atoms with van der Waals surface area (Å²) in [5.41, 5.74) is 3.66. The number of rotatable bonds is 4. The molecule has 134 valence electrons. The average Bonchev–Trinajstić information content (AvgIpc) is 3.36. The Kier molecular flexibility index (Phi) is 4.32. The molecule has 1 aliphatic heterocycles. The van der Waals surface area contributed by atoms with Gasteiger partial charge in [0.05, 0.1) is 41.9 Å². The first-order valence-electron chi connectivity index (χ1n) is 9.03. The van der Waals surface area contributed by atoms with Gasteiger partial charge in [0.25, 0.3) is 5.91 Å². The number of amides is 1. The first-order valence-corrected chi connectivity index (χ1v) is 9.03. The molecule has 0 spiro atoms. The summed E-state index contributed by atoms with van der Waals surface area (Å²) >= 11 is 0. The molecule has 0 N–H and O–H groups in total. The van der Waals surface area contributed by atoms with Crippen molar-refractivity contribution in [2.45, 2.75) is 39.3 Å². The Balaban J connectivity index is 1.56. The van der Waals surface area contributed by atoms with Crippen LogP contribution in [0.15, 0.2) is 48.9 Å². The molecular formula is C20H23N5O. The van der Waals surface area contributed by atoms with E-state index in [2.05, 4.69) is 10.2 Å². The Hall–Kier alpha value is -2.89. The third-order valence-electron chi connectivity index (χ3n) is 5.04. The lowest BCUT2D eigenvalue weighted by Gasteiger charge is -2.24. The summed E-state index contributed by atoms with van der Waals surface area (Å²) in [6.07, 6.45) is 7.62. The van der Waals surface area contributed by atoms with Crippen LogP contribution in [0.3, 0.4) is 0 Å². The van der Waals surface area contributed by atoms with Crippen molar-refractivity contribution < 1.29 is 4.79 Å². The molecule has 4 rings (SSSR count). The highest BCUT2D eigenvalue weighted by Gasteiger charge is 2.31. The highest BCUT2D eigenvalue weighted by molar-refractivity contribution is 5.95. The second kappa shape index (κ2) is 6.78. The van der Waals surface area contributed by atoms with Crippen LogP contribution in [0.5, 0.6) is 0 Å². The predicted octanol–water partition coefficient (Wildman–Crippen LogP) is 2.99. The van der Waals surface area contributed by atoms with E-state index in [1.165, 1.54) is 0 Å². The molecular weight excluding hydrogens is 326 g/mol.